The quantitative estimate of drug-likeness (QED) is 0.669. The molecule has 0 amide bonds. The zero-order valence-electron chi connectivity index (χ0n) is 11.1. The van der Waals surface area contributed by atoms with Crippen molar-refractivity contribution >= 4 is 0 Å². The predicted molar refractivity (Wildman–Crippen MR) is 76.9 cm³/mol. The second kappa shape index (κ2) is 4.61. The maximum atomic E-state index is 2.39. The van der Waals surface area contributed by atoms with Crippen molar-refractivity contribution in [3.63, 3.8) is 0 Å². The Bertz CT molecular complexity index is 527. The Morgan fingerprint density at radius 2 is 1.50 bits per heavy atom. The van der Waals surface area contributed by atoms with Crippen LogP contribution in [-0.2, 0) is 6.42 Å². The van der Waals surface area contributed by atoms with Gasteiger partial charge in [0, 0.05) is 0 Å². The van der Waals surface area contributed by atoms with E-state index in [2.05, 4.69) is 68.4 Å². The molecule has 2 aromatic rings. The molecule has 3 rings (SSSR count). The molecule has 0 saturated carbocycles. The Labute approximate surface area is 110 Å². The van der Waals surface area contributed by atoms with E-state index in [1.54, 1.807) is 11.1 Å². The van der Waals surface area contributed by atoms with Crippen LogP contribution in [0.25, 0.3) is 0 Å². The maximum absolute atomic E-state index is 2.39. The zero-order chi connectivity index (χ0) is 12.5. The number of hydrogen-bond donors (Lipinski definition) is 0. The highest BCUT2D eigenvalue weighted by molar-refractivity contribution is 5.38. The van der Waals surface area contributed by atoms with Crippen LogP contribution in [0.4, 0.5) is 0 Å². The smallest absolute Gasteiger partial charge is 0.00668 e. The third-order valence-corrected chi connectivity index (χ3v) is 4.42. The highest BCUT2D eigenvalue weighted by atomic mass is 14.4. The molecule has 0 saturated heterocycles. The fourth-order valence-electron chi connectivity index (χ4n) is 3.62. The molecule has 0 aromatic heterocycles. The Balaban J connectivity index is 2.03. The number of hydrogen-bond acceptors (Lipinski definition) is 0. The van der Waals surface area contributed by atoms with Crippen molar-refractivity contribution in [3.05, 3.63) is 71.3 Å². The average Bonchev–Trinajstić information content (AvgIpc) is 2.40. The second-order valence-electron chi connectivity index (χ2n) is 5.61. The molecule has 3 unspecified atom stereocenters. The number of rotatable bonds is 1. The molecule has 0 aliphatic heterocycles. The van der Waals surface area contributed by atoms with E-state index in [-0.39, 0.29) is 0 Å². The van der Waals surface area contributed by atoms with Crippen LogP contribution in [0.3, 0.4) is 0 Å². The van der Waals surface area contributed by atoms with E-state index in [0.717, 1.165) is 5.92 Å². The lowest BCUT2D eigenvalue weighted by atomic mass is 9.68. The predicted octanol–water partition coefficient (Wildman–Crippen LogP) is 4.77. The summed E-state index contributed by atoms with van der Waals surface area (Å²) in [5.74, 6) is 1.99. The lowest BCUT2D eigenvalue weighted by Gasteiger charge is -2.36. The maximum Gasteiger partial charge on any atom is -0.00668 e. The van der Waals surface area contributed by atoms with Crippen molar-refractivity contribution in [1.29, 1.82) is 0 Å². The monoisotopic (exact) mass is 236 g/mol. The van der Waals surface area contributed by atoms with Gasteiger partial charge in [0.1, 0.15) is 0 Å². The third-order valence-electron chi connectivity index (χ3n) is 4.42. The van der Waals surface area contributed by atoms with Gasteiger partial charge in [0.15, 0.2) is 0 Å². The van der Waals surface area contributed by atoms with E-state index in [9.17, 15) is 0 Å². The molecule has 0 radical (unpaired) electrons. The van der Waals surface area contributed by atoms with Crippen LogP contribution in [0.2, 0.25) is 0 Å². The van der Waals surface area contributed by atoms with Gasteiger partial charge in [-0.15, -0.1) is 0 Å². The van der Waals surface area contributed by atoms with Gasteiger partial charge in [-0.3, -0.25) is 0 Å². The van der Waals surface area contributed by atoms with E-state index in [1.807, 2.05) is 0 Å². The molecule has 0 heterocycles. The summed E-state index contributed by atoms with van der Waals surface area (Å²) in [7, 11) is 0. The molecule has 18 heavy (non-hydrogen) atoms. The summed E-state index contributed by atoms with van der Waals surface area (Å²) in [5.41, 5.74) is 4.58. The van der Waals surface area contributed by atoms with Gasteiger partial charge < -0.3 is 0 Å². The van der Waals surface area contributed by atoms with Crippen LogP contribution in [-0.4, -0.2) is 0 Å². The lowest BCUT2D eigenvalue weighted by molar-refractivity contribution is 0.378. The van der Waals surface area contributed by atoms with Crippen molar-refractivity contribution in [1.82, 2.24) is 0 Å². The summed E-state index contributed by atoms with van der Waals surface area (Å²) < 4.78 is 0. The topological polar surface area (TPSA) is 0 Å². The largest absolute Gasteiger partial charge is 0.0622 e. The van der Waals surface area contributed by atoms with Gasteiger partial charge in [-0.2, -0.15) is 0 Å². The molecule has 3 atom stereocenters. The van der Waals surface area contributed by atoms with E-state index in [0.29, 0.717) is 11.8 Å². The summed E-state index contributed by atoms with van der Waals surface area (Å²) in [6.45, 7) is 4.77. The third kappa shape index (κ3) is 1.86. The van der Waals surface area contributed by atoms with Gasteiger partial charge in [0.2, 0.25) is 0 Å². The first-order valence-electron chi connectivity index (χ1n) is 6.90. The lowest BCUT2D eigenvalue weighted by Crippen LogP contribution is -2.24. The average molecular weight is 236 g/mol. The van der Waals surface area contributed by atoms with Gasteiger partial charge in [-0.1, -0.05) is 68.4 Å². The van der Waals surface area contributed by atoms with Gasteiger partial charge in [-0.25, -0.2) is 0 Å². The molecule has 92 valence electrons. The highest BCUT2D eigenvalue weighted by Crippen LogP contribution is 2.45. The highest BCUT2D eigenvalue weighted by Gasteiger charge is 2.32. The van der Waals surface area contributed by atoms with Crippen molar-refractivity contribution in [2.24, 2.45) is 5.92 Å². The first-order chi connectivity index (χ1) is 8.77. The van der Waals surface area contributed by atoms with Crippen LogP contribution < -0.4 is 0 Å². The molecule has 0 fully saturated rings. The Morgan fingerprint density at radius 3 is 2.28 bits per heavy atom. The van der Waals surface area contributed by atoms with Gasteiger partial charge in [0.05, 0.1) is 0 Å². The minimum absolute atomic E-state index is 0.618. The van der Waals surface area contributed by atoms with Crippen molar-refractivity contribution in [2.75, 3.05) is 0 Å². The summed E-state index contributed by atoms with van der Waals surface area (Å²) in [6.07, 6.45) is 1.21. The standard InChI is InChI=1S/C18H20/c1-13-12-16-10-6-7-11-17(16)14(2)18(13)15-8-4-3-5-9-15/h3-11,13-14,18H,12H2,1-2H3. The summed E-state index contributed by atoms with van der Waals surface area (Å²) in [5, 5.41) is 0. The Kier molecular flexibility index (Phi) is 2.95. The number of benzene rings is 2. The van der Waals surface area contributed by atoms with Crippen molar-refractivity contribution < 1.29 is 0 Å². The van der Waals surface area contributed by atoms with Gasteiger partial charge in [0.25, 0.3) is 0 Å². The molecule has 1 aliphatic rings. The summed E-state index contributed by atoms with van der Waals surface area (Å²) in [4.78, 5) is 0. The molecule has 2 aromatic carbocycles. The molecular weight excluding hydrogens is 216 g/mol. The molecule has 0 heteroatoms. The van der Waals surface area contributed by atoms with Crippen LogP contribution in [0.1, 0.15) is 42.4 Å². The van der Waals surface area contributed by atoms with E-state index < -0.39 is 0 Å². The minimum atomic E-state index is 0.618. The van der Waals surface area contributed by atoms with Crippen LogP contribution in [0.5, 0.6) is 0 Å². The first-order valence-corrected chi connectivity index (χ1v) is 6.90. The minimum Gasteiger partial charge on any atom is -0.0622 e. The van der Waals surface area contributed by atoms with E-state index >= 15 is 0 Å². The Morgan fingerprint density at radius 1 is 0.833 bits per heavy atom. The van der Waals surface area contributed by atoms with E-state index in [4.69, 9.17) is 0 Å². The zero-order valence-corrected chi connectivity index (χ0v) is 11.1. The Hall–Kier alpha value is -1.56. The normalized spacial score (nSPS) is 26.7. The molecule has 0 bridgehead atoms. The first kappa shape index (κ1) is 11.5. The fourth-order valence-corrected chi connectivity index (χ4v) is 3.62. The SMILES string of the molecule is CC1Cc2ccccc2C(C)C1c1ccccc1. The molecule has 1 aliphatic carbocycles. The molecular formula is C18H20. The summed E-state index contributed by atoms with van der Waals surface area (Å²) >= 11 is 0. The van der Waals surface area contributed by atoms with Crippen molar-refractivity contribution in [3.8, 4) is 0 Å². The van der Waals surface area contributed by atoms with E-state index in [1.165, 1.54) is 12.0 Å². The molecule has 0 spiro atoms. The number of fused-ring (bicyclic) bond motifs is 1. The fraction of sp³-hybridized carbons (Fsp3) is 0.333. The molecule has 0 N–H and O–H groups in total. The molecule has 0 nitrogen and oxygen atoms in total. The summed E-state index contributed by atoms with van der Waals surface area (Å²) in [6, 6.07) is 19.9. The van der Waals surface area contributed by atoms with Crippen LogP contribution in [0.15, 0.2) is 54.6 Å². The van der Waals surface area contributed by atoms with Crippen LogP contribution >= 0.6 is 0 Å². The van der Waals surface area contributed by atoms with Crippen LogP contribution in [0, 0.1) is 5.92 Å². The van der Waals surface area contributed by atoms with Crippen molar-refractivity contribution in [2.45, 2.75) is 32.1 Å². The van der Waals surface area contributed by atoms with Gasteiger partial charge >= 0.3 is 0 Å². The second-order valence-corrected chi connectivity index (χ2v) is 5.61. The van der Waals surface area contributed by atoms with Gasteiger partial charge in [-0.05, 0) is 40.9 Å².